The smallest absolute Gasteiger partial charge is 0.447 e. The Bertz CT molecular complexity index is 2910. The van der Waals surface area contributed by atoms with Crippen LogP contribution in [0.4, 0.5) is 0 Å². The topological polar surface area (TPSA) is 177 Å². The van der Waals surface area contributed by atoms with E-state index in [1.807, 2.05) is 18.2 Å². The van der Waals surface area contributed by atoms with E-state index >= 15 is 0 Å². The van der Waals surface area contributed by atoms with Crippen molar-refractivity contribution in [3.05, 3.63) is 218 Å². The maximum Gasteiger partial charge on any atom is 0.447 e. The first kappa shape index (κ1) is 45.9. The molecule has 0 aliphatic carbocycles. The Hall–Kier alpha value is -7.24. The zero-order chi connectivity index (χ0) is 46.7. The maximum atomic E-state index is 11.5. The largest absolute Gasteiger partial charge is 0.504 e. The Kier molecular flexibility index (Phi) is 14.6. The fourth-order valence-corrected chi connectivity index (χ4v) is 15.7. The number of para-hydroxylation sites is 12. The van der Waals surface area contributed by atoms with Gasteiger partial charge < -0.3 is 57.6 Å². The highest BCUT2D eigenvalue weighted by Gasteiger charge is 2.60. The normalized spacial score (nSPS) is 17.3. The number of hydrogen-bond donors (Lipinski definition) is 4. The van der Waals surface area contributed by atoms with Crippen LogP contribution in [0.25, 0.3) is 0 Å². The number of hydrogen-bond acceptors (Lipinski definition) is 16. The third-order valence-electron chi connectivity index (χ3n) is 9.11. The average molecular weight is 989 g/mol. The first-order valence-corrected chi connectivity index (χ1v) is 25.6. The molecule has 68 heavy (non-hydrogen) atoms. The minimum Gasteiger partial charge on any atom is -0.504 e. The molecule has 0 amide bonds. The van der Waals surface area contributed by atoms with Gasteiger partial charge in [0.05, 0.1) is 0 Å². The summed E-state index contributed by atoms with van der Waals surface area (Å²) in [6.07, 6.45) is 0. The summed E-state index contributed by atoms with van der Waals surface area (Å²) in [7, 11) is -13.2. The standard InChI is InChI=1S/C48H40N4O12P4/c53-41-29-13-17-33-45(41)59-50-65(62-46-34-18-14-30-42(46)54)49-68(63-47-35-19-15-31-43(47)55,64-48-36-20-16-32-44(48)56)52(58-38-23-7-2-8-24-38)67(61-40-27-11-4-12-28-40)51(57-37-21-5-1-6-22-37)66(50)60-39-25-9-3-10-26-39/h1-36,53-56H. The van der Waals surface area contributed by atoms with Crippen LogP contribution < -0.4 is 37.1 Å². The first-order chi connectivity index (χ1) is 33.3. The summed E-state index contributed by atoms with van der Waals surface area (Å²) in [4.78, 5) is 20.8. The molecule has 1 heterocycles. The SMILES string of the molecule is Oc1ccccc1ON1P(Oc2ccccc2O)N=P(Oc2ccccc2O)(Oc2ccccc2O)N(Oc2ccccc2)P(Oc2ccccc2)N(Oc2ccccc2)P1Oc1ccccc1. The van der Waals surface area contributed by atoms with Gasteiger partial charge in [0, 0.05) is 13.8 Å². The van der Waals surface area contributed by atoms with Gasteiger partial charge in [-0.05, 0) is 97.1 Å². The van der Waals surface area contributed by atoms with E-state index in [4.69, 9.17) is 41.6 Å². The lowest BCUT2D eigenvalue weighted by Gasteiger charge is -2.45. The highest BCUT2D eigenvalue weighted by molar-refractivity contribution is 7.78. The molecule has 0 saturated heterocycles. The molecule has 8 aromatic rings. The molecule has 3 atom stereocenters. The van der Waals surface area contributed by atoms with Crippen LogP contribution in [-0.2, 0) is 0 Å². The highest BCUT2D eigenvalue weighted by Crippen LogP contribution is 2.78. The van der Waals surface area contributed by atoms with Gasteiger partial charge in [0.1, 0.15) is 23.0 Å². The summed E-state index contributed by atoms with van der Waals surface area (Å²) >= 11 is 0. The van der Waals surface area contributed by atoms with Crippen molar-refractivity contribution in [2.24, 2.45) is 4.52 Å². The quantitative estimate of drug-likeness (QED) is 0.0672. The Labute approximate surface area is 394 Å². The lowest BCUT2D eigenvalue weighted by molar-refractivity contribution is 0.0368. The molecule has 0 fully saturated rings. The van der Waals surface area contributed by atoms with Gasteiger partial charge in [-0.25, -0.2) is 0 Å². The van der Waals surface area contributed by atoms with E-state index in [0.717, 1.165) is 0 Å². The van der Waals surface area contributed by atoms with Crippen molar-refractivity contribution in [2.45, 2.75) is 0 Å². The van der Waals surface area contributed by atoms with Gasteiger partial charge in [0.25, 0.3) is 0 Å². The summed E-state index contributed by atoms with van der Waals surface area (Å²) in [5.41, 5.74) is 0. The Morgan fingerprint density at radius 1 is 0.338 bits per heavy atom. The van der Waals surface area contributed by atoms with Crippen molar-refractivity contribution in [2.75, 3.05) is 0 Å². The molecule has 0 aromatic heterocycles. The van der Waals surface area contributed by atoms with Crippen molar-refractivity contribution in [1.82, 2.24) is 13.8 Å². The Morgan fingerprint density at radius 2 is 0.706 bits per heavy atom. The lowest BCUT2D eigenvalue weighted by Crippen LogP contribution is -2.39. The van der Waals surface area contributed by atoms with Crippen LogP contribution in [0, 0.1) is 0 Å². The first-order valence-electron chi connectivity index (χ1n) is 20.5. The van der Waals surface area contributed by atoms with Crippen LogP contribution in [-0.4, -0.2) is 34.2 Å². The number of rotatable bonds is 16. The second-order valence-corrected chi connectivity index (χ2v) is 21.2. The van der Waals surface area contributed by atoms with Crippen molar-refractivity contribution in [3.63, 3.8) is 0 Å². The second kappa shape index (κ2) is 21.6. The Morgan fingerprint density at radius 3 is 1.16 bits per heavy atom. The van der Waals surface area contributed by atoms with Crippen LogP contribution in [0.1, 0.15) is 0 Å². The number of phenols is 4. The van der Waals surface area contributed by atoms with Gasteiger partial charge in [0.15, 0.2) is 46.0 Å². The third-order valence-corrected chi connectivity index (χ3v) is 18.0. The monoisotopic (exact) mass is 988 g/mol. The van der Waals surface area contributed by atoms with Crippen molar-refractivity contribution in [3.8, 4) is 69.0 Å². The van der Waals surface area contributed by atoms with Crippen molar-refractivity contribution >= 4 is 33.0 Å². The molecule has 1 aliphatic heterocycles. The predicted molar refractivity (Wildman–Crippen MR) is 259 cm³/mol. The van der Waals surface area contributed by atoms with E-state index in [-0.39, 0.29) is 51.7 Å². The van der Waals surface area contributed by atoms with Crippen molar-refractivity contribution < 1.29 is 57.6 Å². The lowest BCUT2D eigenvalue weighted by atomic mass is 10.3. The number of aromatic hydroxyl groups is 4. The molecule has 16 nitrogen and oxygen atoms in total. The van der Waals surface area contributed by atoms with Crippen LogP contribution in [0.5, 0.6) is 69.0 Å². The minimum atomic E-state index is -4.75. The molecule has 3 unspecified atom stereocenters. The van der Waals surface area contributed by atoms with Gasteiger partial charge in [-0.15, -0.1) is 4.52 Å². The van der Waals surface area contributed by atoms with E-state index in [9.17, 15) is 20.4 Å². The number of phenolic OH excluding ortho intramolecular Hbond substituents is 4. The van der Waals surface area contributed by atoms with Gasteiger partial charge in [0.2, 0.25) is 0 Å². The zero-order valence-corrected chi connectivity index (χ0v) is 39.0. The molecule has 20 heteroatoms. The van der Waals surface area contributed by atoms with E-state index in [1.54, 1.807) is 152 Å². The molecule has 4 N–H and O–H groups in total. The number of benzene rings is 8. The molecular formula is C48H40N4O12P4. The molecule has 0 radical (unpaired) electrons. The van der Waals surface area contributed by atoms with E-state index in [1.165, 1.54) is 62.3 Å². The van der Waals surface area contributed by atoms with Crippen LogP contribution in [0.15, 0.2) is 223 Å². The molecule has 0 spiro atoms. The van der Waals surface area contributed by atoms with Crippen LogP contribution >= 0.6 is 33.0 Å². The molecule has 344 valence electrons. The molecule has 0 bridgehead atoms. The average Bonchev–Trinajstić information content (AvgIpc) is 3.36. The molecule has 8 aromatic carbocycles. The fraction of sp³-hybridized carbons (Fsp3) is 0. The highest BCUT2D eigenvalue weighted by atomic mass is 31.3. The summed E-state index contributed by atoms with van der Waals surface area (Å²) in [5, 5.41) is 45.8. The van der Waals surface area contributed by atoms with Gasteiger partial charge in [-0.3, -0.25) is 0 Å². The molecule has 1 aliphatic rings. The summed E-state index contributed by atoms with van der Waals surface area (Å²) in [5.74, 6) is -0.450. The summed E-state index contributed by atoms with van der Waals surface area (Å²) in [6.45, 7) is 0. The second-order valence-electron chi connectivity index (χ2n) is 13.9. The fourth-order valence-electron chi connectivity index (χ4n) is 5.94. The van der Waals surface area contributed by atoms with Gasteiger partial charge in [-0.2, -0.15) is 0 Å². The number of nitrogens with zero attached hydrogens (tertiary/aromatic N) is 4. The van der Waals surface area contributed by atoms with E-state index in [0.29, 0.717) is 17.2 Å². The molecule has 0 saturated carbocycles. The Balaban J connectivity index is 1.43. The third kappa shape index (κ3) is 11.0. The maximum absolute atomic E-state index is 11.5. The van der Waals surface area contributed by atoms with Crippen LogP contribution in [0.2, 0.25) is 0 Å². The predicted octanol–water partition coefficient (Wildman–Crippen LogP) is 13.7. The van der Waals surface area contributed by atoms with E-state index < -0.39 is 33.0 Å². The van der Waals surface area contributed by atoms with Crippen molar-refractivity contribution in [1.29, 1.82) is 0 Å². The summed E-state index contributed by atoms with van der Waals surface area (Å²) < 4.78 is 44.2. The van der Waals surface area contributed by atoms with Crippen LogP contribution in [0.3, 0.4) is 0 Å². The molecule has 9 rings (SSSR count). The minimum absolute atomic E-state index is 0.0689. The summed E-state index contributed by atoms with van der Waals surface area (Å²) in [6, 6.07) is 59.8. The van der Waals surface area contributed by atoms with Gasteiger partial charge >= 0.3 is 33.0 Å². The van der Waals surface area contributed by atoms with Gasteiger partial charge in [-0.1, -0.05) is 121 Å². The zero-order valence-electron chi connectivity index (χ0n) is 35.4. The molecular weight excluding hydrogens is 948 g/mol. The van der Waals surface area contributed by atoms with E-state index in [2.05, 4.69) is 0 Å².